The molecule has 4 rings (SSSR count). The van der Waals surface area contributed by atoms with Gasteiger partial charge < -0.3 is 9.64 Å². The third-order valence-corrected chi connectivity index (χ3v) is 7.20. The molecule has 1 saturated heterocycles. The number of fused-ring (bicyclic) bond motifs is 1. The van der Waals surface area contributed by atoms with Gasteiger partial charge in [0.2, 0.25) is 15.9 Å². The SMILES string of the molecule is O=C(C1COc2ccccc2C1)N1CCN(S(=O)(=O)c2ccc(F)c(F)c2)CC1. The smallest absolute Gasteiger partial charge is 0.243 e. The molecule has 154 valence electrons. The topological polar surface area (TPSA) is 66.9 Å². The lowest BCUT2D eigenvalue weighted by Crippen LogP contribution is -2.52. The summed E-state index contributed by atoms with van der Waals surface area (Å²) >= 11 is 0. The van der Waals surface area contributed by atoms with Gasteiger partial charge in [0.1, 0.15) is 12.4 Å². The van der Waals surface area contributed by atoms with Crippen LogP contribution in [0.2, 0.25) is 0 Å². The van der Waals surface area contributed by atoms with E-state index in [0.29, 0.717) is 19.1 Å². The molecule has 0 aromatic heterocycles. The van der Waals surface area contributed by atoms with Gasteiger partial charge in [-0.15, -0.1) is 0 Å². The summed E-state index contributed by atoms with van der Waals surface area (Å²) < 4.78 is 58.8. The van der Waals surface area contributed by atoms with Crippen LogP contribution in [0.5, 0.6) is 5.75 Å². The first-order chi connectivity index (χ1) is 13.9. The maximum absolute atomic E-state index is 13.4. The predicted octanol–water partition coefficient (Wildman–Crippen LogP) is 2.05. The molecule has 0 radical (unpaired) electrons. The van der Waals surface area contributed by atoms with Crippen LogP contribution in [0, 0.1) is 17.6 Å². The summed E-state index contributed by atoms with van der Waals surface area (Å²) in [5.41, 5.74) is 0.983. The van der Waals surface area contributed by atoms with E-state index in [9.17, 15) is 22.0 Å². The van der Waals surface area contributed by atoms with E-state index < -0.39 is 21.7 Å². The fourth-order valence-corrected chi connectivity index (χ4v) is 5.11. The molecule has 0 saturated carbocycles. The third-order valence-electron chi connectivity index (χ3n) is 5.31. The second-order valence-electron chi connectivity index (χ2n) is 7.13. The van der Waals surface area contributed by atoms with E-state index in [1.54, 1.807) is 4.90 Å². The van der Waals surface area contributed by atoms with Gasteiger partial charge in [0.15, 0.2) is 11.6 Å². The summed E-state index contributed by atoms with van der Waals surface area (Å²) in [6.45, 7) is 0.956. The molecule has 1 unspecified atom stereocenters. The standard InChI is InChI=1S/C20H20F2N2O4S/c21-17-6-5-16(12-18(17)22)29(26,27)24-9-7-23(8-10-24)20(25)15-11-14-3-1-2-4-19(14)28-13-15/h1-6,12,15H,7-11,13H2. The van der Waals surface area contributed by atoms with Crippen molar-refractivity contribution in [1.29, 1.82) is 0 Å². The zero-order valence-electron chi connectivity index (χ0n) is 15.6. The highest BCUT2D eigenvalue weighted by atomic mass is 32.2. The van der Waals surface area contributed by atoms with Gasteiger partial charge in [-0.25, -0.2) is 17.2 Å². The molecular formula is C20H20F2N2O4S. The van der Waals surface area contributed by atoms with Crippen molar-refractivity contribution >= 4 is 15.9 Å². The van der Waals surface area contributed by atoms with Crippen LogP contribution < -0.4 is 4.74 Å². The number of nitrogens with zero attached hydrogens (tertiary/aromatic N) is 2. The zero-order chi connectivity index (χ0) is 20.6. The Labute approximate surface area is 167 Å². The molecular weight excluding hydrogens is 402 g/mol. The maximum Gasteiger partial charge on any atom is 0.243 e. The number of para-hydroxylation sites is 1. The Morgan fingerprint density at radius 1 is 1.00 bits per heavy atom. The number of amides is 1. The molecule has 2 aliphatic rings. The fraction of sp³-hybridized carbons (Fsp3) is 0.350. The average molecular weight is 422 g/mol. The summed E-state index contributed by atoms with van der Waals surface area (Å²) in [5, 5.41) is 0. The van der Waals surface area contributed by atoms with Crippen molar-refractivity contribution in [2.75, 3.05) is 32.8 Å². The minimum atomic E-state index is -3.95. The lowest BCUT2D eigenvalue weighted by Gasteiger charge is -2.36. The number of carbonyl (C=O) groups is 1. The molecule has 1 amide bonds. The highest BCUT2D eigenvalue weighted by Crippen LogP contribution is 2.28. The van der Waals surface area contributed by atoms with E-state index in [0.717, 1.165) is 23.4 Å². The molecule has 0 N–H and O–H groups in total. The molecule has 6 nitrogen and oxygen atoms in total. The minimum Gasteiger partial charge on any atom is -0.492 e. The number of hydrogen-bond acceptors (Lipinski definition) is 4. The van der Waals surface area contributed by atoms with Gasteiger partial charge in [-0.1, -0.05) is 18.2 Å². The number of rotatable bonds is 3. The van der Waals surface area contributed by atoms with Crippen molar-refractivity contribution in [2.45, 2.75) is 11.3 Å². The van der Waals surface area contributed by atoms with Crippen LogP contribution in [0.25, 0.3) is 0 Å². The lowest BCUT2D eigenvalue weighted by molar-refractivity contribution is -0.138. The van der Waals surface area contributed by atoms with Gasteiger partial charge in [-0.3, -0.25) is 4.79 Å². The average Bonchev–Trinajstić information content (AvgIpc) is 2.74. The Bertz CT molecular complexity index is 1040. The van der Waals surface area contributed by atoms with Gasteiger partial charge in [0.05, 0.1) is 10.8 Å². The summed E-state index contributed by atoms with van der Waals surface area (Å²) in [4.78, 5) is 14.2. The van der Waals surface area contributed by atoms with Crippen LogP contribution in [-0.2, 0) is 21.2 Å². The molecule has 29 heavy (non-hydrogen) atoms. The number of sulfonamides is 1. The Kier molecular flexibility index (Phi) is 5.26. The van der Waals surface area contributed by atoms with E-state index in [4.69, 9.17) is 4.74 Å². The van der Waals surface area contributed by atoms with Crippen LogP contribution in [-0.4, -0.2) is 56.3 Å². The number of halogens is 2. The summed E-state index contributed by atoms with van der Waals surface area (Å²) in [7, 11) is -3.95. The highest BCUT2D eigenvalue weighted by molar-refractivity contribution is 7.89. The number of piperazine rings is 1. The summed E-state index contributed by atoms with van der Waals surface area (Å²) in [6.07, 6.45) is 0.586. The van der Waals surface area contributed by atoms with Crippen molar-refractivity contribution in [3.63, 3.8) is 0 Å². The molecule has 0 spiro atoms. The molecule has 2 aromatic carbocycles. The van der Waals surface area contributed by atoms with Crippen LogP contribution in [0.1, 0.15) is 5.56 Å². The Hall–Kier alpha value is -2.52. The molecule has 9 heteroatoms. The third kappa shape index (κ3) is 3.84. The van der Waals surface area contributed by atoms with E-state index in [1.807, 2.05) is 24.3 Å². The first kappa shape index (κ1) is 19.8. The molecule has 2 heterocycles. The molecule has 2 aliphatic heterocycles. The van der Waals surface area contributed by atoms with E-state index in [1.165, 1.54) is 4.31 Å². The number of carbonyl (C=O) groups excluding carboxylic acids is 1. The Morgan fingerprint density at radius 2 is 1.72 bits per heavy atom. The van der Waals surface area contributed by atoms with Crippen LogP contribution >= 0.6 is 0 Å². The molecule has 1 atom stereocenters. The maximum atomic E-state index is 13.4. The van der Waals surface area contributed by atoms with Crippen molar-refractivity contribution < 1.29 is 26.7 Å². The highest BCUT2D eigenvalue weighted by Gasteiger charge is 2.34. The van der Waals surface area contributed by atoms with Gasteiger partial charge in [-0.2, -0.15) is 4.31 Å². The Balaban J connectivity index is 1.40. The second kappa shape index (κ2) is 7.72. The van der Waals surface area contributed by atoms with E-state index in [-0.39, 0.29) is 42.9 Å². The summed E-state index contributed by atoms with van der Waals surface area (Å²) in [5.74, 6) is -1.89. The van der Waals surface area contributed by atoms with E-state index >= 15 is 0 Å². The largest absolute Gasteiger partial charge is 0.492 e. The quantitative estimate of drug-likeness (QED) is 0.760. The van der Waals surface area contributed by atoms with Crippen molar-refractivity contribution in [2.24, 2.45) is 5.92 Å². The van der Waals surface area contributed by atoms with Crippen LogP contribution in [0.3, 0.4) is 0 Å². The van der Waals surface area contributed by atoms with Gasteiger partial charge >= 0.3 is 0 Å². The van der Waals surface area contributed by atoms with Crippen LogP contribution in [0.15, 0.2) is 47.4 Å². The number of ether oxygens (including phenoxy) is 1. The monoisotopic (exact) mass is 422 g/mol. The molecule has 1 fully saturated rings. The van der Waals surface area contributed by atoms with E-state index in [2.05, 4.69) is 0 Å². The molecule has 0 aliphatic carbocycles. The zero-order valence-corrected chi connectivity index (χ0v) is 16.4. The molecule has 0 bridgehead atoms. The van der Waals surface area contributed by atoms with Gasteiger partial charge in [0.25, 0.3) is 0 Å². The fourth-order valence-electron chi connectivity index (χ4n) is 3.68. The minimum absolute atomic E-state index is 0.0654. The first-order valence-corrected chi connectivity index (χ1v) is 10.7. The molecule has 2 aromatic rings. The van der Waals surface area contributed by atoms with Crippen molar-refractivity contribution in [1.82, 2.24) is 9.21 Å². The predicted molar refractivity (Wildman–Crippen MR) is 101 cm³/mol. The lowest BCUT2D eigenvalue weighted by atomic mass is 9.95. The second-order valence-corrected chi connectivity index (χ2v) is 9.06. The summed E-state index contributed by atoms with van der Waals surface area (Å²) in [6, 6.07) is 10.1. The first-order valence-electron chi connectivity index (χ1n) is 9.31. The number of hydrogen-bond donors (Lipinski definition) is 0. The van der Waals surface area contributed by atoms with Gasteiger partial charge in [-0.05, 0) is 36.2 Å². The Morgan fingerprint density at radius 3 is 2.45 bits per heavy atom. The van der Waals surface area contributed by atoms with Crippen LogP contribution in [0.4, 0.5) is 8.78 Å². The van der Waals surface area contributed by atoms with Gasteiger partial charge in [0, 0.05) is 26.2 Å². The van der Waals surface area contributed by atoms with Crippen molar-refractivity contribution in [3.05, 3.63) is 59.7 Å². The normalized spacial score (nSPS) is 20.1. The number of benzene rings is 2. The van der Waals surface area contributed by atoms with Crippen molar-refractivity contribution in [3.8, 4) is 5.75 Å².